The van der Waals surface area contributed by atoms with Gasteiger partial charge in [-0.1, -0.05) is 44.2 Å². The Bertz CT molecular complexity index is 981. The van der Waals surface area contributed by atoms with Crippen LogP contribution in [0.4, 0.5) is 0 Å². The van der Waals surface area contributed by atoms with Crippen LogP contribution in [-0.2, 0) is 12.8 Å². The van der Waals surface area contributed by atoms with Crippen LogP contribution in [0.2, 0.25) is 0 Å². The van der Waals surface area contributed by atoms with Gasteiger partial charge in [-0.25, -0.2) is 9.48 Å². The number of aryl methyl sites for hydroxylation is 2. The summed E-state index contributed by atoms with van der Waals surface area (Å²) in [5.41, 5.74) is 4.00. The molecule has 1 N–H and O–H groups in total. The van der Waals surface area contributed by atoms with E-state index in [9.17, 15) is 9.90 Å². The average Bonchev–Trinajstić information content (AvgIpc) is 3.07. The molecule has 0 saturated carbocycles. The standard InChI is InChI=1S/C22H21N3O2/c1-15(2)21-20(22(26)27)19(13-10-16-6-4-3-5-7-16)24-25(21)18-11-8-17(14-23)9-12-18/h3-9,11-12,15H,10,13H2,1-2H3,(H,26,27). The van der Waals surface area contributed by atoms with Crippen LogP contribution in [0.5, 0.6) is 0 Å². The molecule has 0 aliphatic heterocycles. The molecule has 1 aromatic heterocycles. The van der Waals surface area contributed by atoms with Gasteiger partial charge in [0.05, 0.1) is 28.7 Å². The van der Waals surface area contributed by atoms with Crippen molar-refractivity contribution < 1.29 is 9.90 Å². The number of aromatic nitrogens is 2. The molecule has 0 amide bonds. The van der Waals surface area contributed by atoms with E-state index in [2.05, 4.69) is 11.2 Å². The van der Waals surface area contributed by atoms with Crippen LogP contribution in [0.3, 0.4) is 0 Å². The van der Waals surface area contributed by atoms with Gasteiger partial charge in [0.2, 0.25) is 0 Å². The summed E-state index contributed by atoms with van der Waals surface area (Å²) < 4.78 is 1.70. The third-order valence-electron chi connectivity index (χ3n) is 4.49. The lowest BCUT2D eigenvalue weighted by atomic mass is 10.00. The molecule has 0 aliphatic rings. The fourth-order valence-electron chi connectivity index (χ4n) is 3.20. The SMILES string of the molecule is CC(C)c1c(C(=O)O)c(CCc2ccccc2)nn1-c1ccc(C#N)cc1. The highest BCUT2D eigenvalue weighted by molar-refractivity contribution is 5.90. The normalized spacial score (nSPS) is 10.7. The fraction of sp³-hybridized carbons (Fsp3) is 0.227. The van der Waals surface area contributed by atoms with Crippen LogP contribution in [0, 0.1) is 11.3 Å². The van der Waals surface area contributed by atoms with Crippen molar-refractivity contribution >= 4 is 5.97 Å². The number of carbonyl (C=O) groups is 1. The monoisotopic (exact) mass is 359 g/mol. The number of nitrogens with zero attached hydrogens (tertiary/aromatic N) is 3. The molecule has 27 heavy (non-hydrogen) atoms. The first kappa shape index (κ1) is 18.4. The van der Waals surface area contributed by atoms with Crippen LogP contribution in [0.15, 0.2) is 54.6 Å². The lowest BCUT2D eigenvalue weighted by Gasteiger charge is -2.11. The van der Waals surface area contributed by atoms with Gasteiger partial charge in [0.15, 0.2) is 0 Å². The van der Waals surface area contributed by atoms with Crippen LogP contribution in [0.25, 0.3) is 5.69 Å². The summed E-state index contributed by atoms with van der Waals surface area (Å²) in [6, 6.07) is 19.1. The molecule has 3 aromatic rings. The molecule has 0 atom stereocenters. The molecule has 5 heteroatoms. The largest absolute Gasteiger partial charge is 0.478 e. The van der Waals surface area contributed by atoms with Crippen molar-refractivity contribution in [3.05, 3.63) is 82.7 Å². The van der Waals surface area contributed by atoms with E-state index in [0.717, 1.165) is 17.7 Å². The molecule has 0 aliphatic carbocycles. The van der Waals surface area contributed by atoms with Crippen molar-refractivity contribution in [2.75, 3.05) is 0 Å². The molecule has 0 radical (unpaired) electrons. The Morgan fingerprint density at radius 1 is 1.11 bits per heavy atom. The third kappa shape index (κ3) is 3.90. The predicted molar refractivity (Wildman–Crippen MR) is 103 cm³/mol. The summed E-state index contributed by atoms with van der Waals surface area (Å²) >= 11 is 0. The molecule has 3 rings (SSSR count). The molecule has 0 bridgehead atoms. The van der Waals surface area contributed by atoms with Gasteiger partial charge in [-0.2, -0.15) is 10.4 Å². The smallest absolute Gasteiger partial charge is 0.339 e. The van der Waals surface area contributed by atoms with Gasteiger partial charge in [0.25, 0.3) is 0 Å². The predicted octanol–water partition coefficient (Wildman–Crippen LogP) is 4.35. The van der Waals surface area contributed by atoms with Gasteiger partial charge in [-0.3, -0.25) is 0 Å². The van der Waals surface area contributed by atoms with Gasteiger partial charge in [-0.05, 0) is 48.6 Å². The Labute approximate surface area is 158 Å². The van der Waals surface area contributed by atoms with Gasteiger partial charge < -0.3 is 5.11 Å². The minimum absolute atomic E-state index is 0.00952. The van der Waals surface area contributed by atoms with Crippen molar-refractivity contribution in [3.63, 3.8) is 0 Å². The van der Waals surface area contributed by atoms with Crippen LogP contribution >= 0.6 is 0 Å². The van der Waals surface area contributed by atoms with Crippen molar-refractivity contribution in [1.29, 1.82) is 5.26 Å². The lowest BCUT2D eigenvalue weighted by Crippen LogP contribution is -2.08. The van der Waals surface area contributed by atoms with E-state index >= 15 is 0 Å². The first-order chi connectivity index (χ1) is 13.0. The van der Waals surface area contributed by atoms with Gasteiger partial charge >= 0.3 is 5.97 Å². The van der Waals surface area contributed by atoms with Gasteiger partial charge in [0, 0.05) is 0 Å². The molecule has 136 valence electrons. The second-order valence-electron chi connectivity index (χ2n) is 6.72. The number of carboxylic acid groups (broad SMARTS) is 1. The maximum Gasteiger partial charge on any atom is 0.339 e. The molecule has 5 nitrogen and oxygen atoms in total. The summed E-state index contributed by atoms with van der Waals surface area (Å²) in [7, 11) is 0. The van der Waals surface area contributed by atoms with Crippen molar-refractivity contribution in [1.82, 2.24) is 9.78 Å². The molecular formula is C22H21N3O2. The molecule has 0 fully saturated rings. The highest BCUT2D eigenvalue weighted by Gasteiger charge is 2.25. The summed E-state index contributed by atoms with van der Waals surface area (Å²) in [4.78, 5) is 12.0. The Balaban J connectivity index is 2.05. The summed E-state index contributed by atoms with van der Waals surface area (Å²) in [5, 5.41) is 23.5. The number of nitriles is 1. The Hall–Kier alpha value is -3.39. The molecule has 0 unspecified atom stereocenters. The highest BCUT2D eigenvalue weighted by atomic mass is 16.4. The Morgan fingerprint density at radius 2 is 1.78 bits per heavy atom. The minimum atomic E-state index is -0.957. The van der Waals surface area contributed by atoms with E-state index in [1.807, 2.05) is 44.2 Å². The molecule has 0 saturated heterocycles. The second kappa shape index (κ2) is 7.88. The molecular weight excluding hydrogens is 338 g/mol. The first-order valence-corrected chi connectivity index (χ1v) is 8.90. The zero-order chi connectivity index (χ0) is 19.4. The second-order valence-corrected chi connectivity index (χ2v) is 6.72. The third-order valence-corrected chi connectivity index (χ3v) is 4.49. The number of carboxylic acids is 1. The Morgan fingerprint density at radius 3 is 2.33 bits per heavy atom. The number of aromatic carboxylic acids is 1. The van der Waals surface area contributed by atoms with Crippen LogP contribution in [0.1, 0.15) is 52.6 Å². The van der Waals surface area contributed by atoms with E-state index in [0.29, 0.717) is 23.4 Å². The maximum absolute atomic E-state index is 12.0. The van der Waals surface area contributed by atoms with Crippen LogP contribution in [-0.4, -0.2) is 20.9 Å². The van der Waals surface area contributed by atoms with Crippen molar-refractivity contribution in [3.8, 4) is 11.8 Å². The van der Waals surface area contributed by atoms with E-state index in [4.69, 9.17) is 5.26 Å². The van der Waals surface area contributed by atoms with Crippen LogP contribution < -0.4 is 0 Å². The number of hydrogen-bond donors (Lipinski definition) is 1. The van der Waals surface area contributed by atoms with E-state index in [1.54, 1.807) is 28.9 Å². The molecule has 2 aromatic carbocycles. The average molecular weight is 359 g/mol. The minimum Gasteiger partial charge on any atom is -0.478 e. The molecule has 0 spiro atoms. The van der Waals surface area contributed by atoms with Gasteiger partial charge in [-0.15, -0.1) is 0 Å². The van der Waals surface area contributed by atoms with E-state index < -0.39 is 5.97 Å². The number of benzene rings is 2. The van der Waals surface area contributed by atoms with Crippen molar-refractivity contribution in [2.24, 2.45) is 0 Å². The quantitative estimate of drug-likeness (QED) is 0.709. The highest BCUT2D eigenvalue weighted by Crippen LogP contribution is 2.27. The number of hydrogen-bond acceptors (Lipinski definition) is 3. The summed E-state index contributed by atoms with van der Waals surface area (Å²) in [6.07, 6.45) is 1.28. The van der Waals surface area contributed by atoms with Crippen molar-refractivity contribution in [2.45, 2.75) is 32.6 Å². The van der Waals surface area contributed by atoms with E-state index in [-0.39, 0.29) is 11.5 Å². The Kier molecular flexibility index (Phi) is 5.37. The van der Waals surface area contributed by atoms with E-state index in [1.165, 1.54) is 0 Å². The first-order valence-electron chi connectivity index (χ1n) is 8.90. The fourth-order valence-corrected chi connectivity index (χ4v) is 3.20. The molecule has 1 heterocycles. The summed E-state index contributed by atoms with van der Waals surface area (Å²) in [5.74, 6) is -0.966. The topological polar surface area (TPSA) is 78.9 Å². The number of rotatable bonds is 6. The lowest BCUT2D eigenvalue weighted by molar-refractivity contribution is 0.0694. The zero-order valence-corrected chi connectivity index (χ0v) is 15.4. The summed E-state index contributed by atoms with van der Waals surface area (Å²) in [6.45, 7) is 3.93. The zero-order valence-electron chi connectivity index (χ0n) is 15.4. The maximum atomic E-state index is 12.0. The van der Waals surface area contributed by atoms with Gasteiger partial charge in [0.1, 0.15) is 5.56 Å².